The van der Waals surface area contributed by atoms with Crippen LogP contribution in [0.25, 0.3) is 5.69 Å². The predicted molar refractivity (Wildman–Crippen MR) is 79.6 cm³/mol. The van der Waals surface area contributed by atoms with E-state index in [-0.39, 0.29) is 6.54 Å². The molecule has 0 unspecified atom stereocenters. The normalized spacial score (nSPS) is 11.7. The minimum atomic E-state index is -4.39. The van der Waals surface area contributed by atoms with Crippen LogP contribution in [0.3, 0.4) is 0 Å². The molecule has 3 aromatic rings. The average molecular weight is 337 g/mol. The number of hydrogen-bond donors (Lipinski definition) is 1. The summed E-state index contributed by atoms with van der Waals surface area (Å²) in [5.74, 6) is 1.45. The van der Waals surface area contributed by atoms with Crippen molar-refractivity contribution in [3.63, 3.8) is 0 Å². The van der Waals surface area contributed by atoms with Gasteiger partial charge in [0.2, 0.25) is 11.8 Å². The summed E-state index contributed by atoms with van der Waals surface area (Å²) in [6.45, 7) is 2.19. The van der Waals surface area contributed by atoms with Crippen LogP contribution in [0.4, 0.5) is 19.0 Å². The summed E-state index contributed by atoms with van der Waals surface area (Å²) < 4.78 is 45.0. The van der Waals surface area contributed by atoms with E-state index < -0.39 is 11.7 Å². The molecule has 0 aliphatic heterocycles. The summed E-state index contributed by atoms with van der Waals surface area (Å²) in [5.41, 5.74) is -0.396. The Morgan fingerprint density at radius 2 is 1.96 bits per heavy atom. The molecule has 0 spiro atoms. The Balaban J connectivity index is 1.71. The number of aryl methyl sites for hydroxylation is 1. The van der Waals surface area contributed by atoms with Gasteiger partial charge in [0.05, 0.1) is 17.8 Å². The summed E-state index contributed by atoms with van der Waals surface area (Å²) in [7, 11) is 0. The number of alkyl halides is 3. The highest BCUT2D eigenvalue weighted by Gasteiger charge is 2.30. The van der Waals surface area contributed by atoms with E-state index in [4.69, 9.17) is 4.42 Å². The molecule has 3 rings (SSSR count). The number of aromatic nitrogens is 4. The van der Waals surface area contributed by atoms with E-state index in [0.717, 1.165) is 12.1 Å². The summed E-state index contributed by atoms with van der Waals surface area (Å²) >= 11 is 0. The molecule has 0 bridgehead atoms. The number of rotatable bonds is 5. The molecule has 0 saturated carbocycles. The van der Waals surface area contributed by atoms with Crippen LogP contribution >= 0.6 is 0 Å². The Bertz CT molecular complexity index is 824. The van der Waals surface area contributed by atoms with Gasteiger partial charge in [-0.15, -0.1) is 10.2 Å². The number of benzene rings is 1. The minimum absolute atomic E-state index is 0.284. The van der Waals surface area contributed by atoms with Crippen LogP contribution in [0.15, 0.2) is 40.9 Å². The number of anilines is 1. The first kappa shape index (κ1) is 16.0. The van der Waals surface area contributed by atoms with Crippen molar-refractivity contribution < 1.29 is 17.6 Å². The standard InChI is InChI=1S/C15H14F3N5O/c1-2-13-20-21-14(24-13)9-19-12-6-7-23(22-12)11-5-3-4-10(8-11)15(16,17)18/h3-8H,2,9H2,1H3,(H,19,22). The maximum absolute atomic E-state index is 12.8. The maximum atomic E-state index is 12.8. The Kier molecular flexibility index (Phi) is 4.24. The lowest BCUT2D eigenvalue weighted by Gasteiger charge is -2.08. The summed E-state index contributed by atoms with van der Waals surface area (Å²) in [6, 6.07) is 6.61. The molecule has 0 amide bonds. The van der Waals surface area contributed by atoms with Crippen LogP contribution in [0.1, 0.15) is 24.3 Å². The van der Waals surface area contributed by atoms with Crippen LogP contribution in [-0.4, -0.2) is 20.0 Å². The van der Waals surface area contributed by atoms with Gasteiger partial charge < -0.3 is 9.73 Å². The lowest BCUT2D eigenvalue weighted by atomic mass is 10.2. The topological polar surface area (TPSA) is 68.8 Å². The van der Waals surface area contributed by atoms with E-state index in [1.165, 1.54) is 10.7 Å². The molecule has 0 fully saturated rings. The zero-order valence-corrected chi connectivity index (χ0v) is 12.7. The van der Waals surface area contributed by atoms with Crippen molar-refractivity contribution in [1.82, 2.24) is 20.0 Å². The van der Waals surface area contributed by atoms with Crippen molar-refractivity contribution in [2.45, 2.75) is 26.1 Å². The second kappa shape index (κ2) is 6.34. The summed E-state index contributed by atoms with van der Waals surface area (Å²) in [6.07, 6.45) is -2.17. The Hall–Kier alpha value is -2.84. The van der Waals surface area contributed by atoms with Gasteiger partial charge in [0.1, 0.15) is 5.82 Å². The molecule has 1 N–H and O–H groups in total. The van der Waals surface area contributed by atoms with Crippen LogP contribution in [0.5, 0.6) is 0 Å². The van der Waals surface area contributed by atoms with Crippen molar-refractivity contribution in [1.29, 1.82) is 0 Å². The second-order valence-electron chi connectivity index (χ2n) is 4.99. The van der Waals surface area contributed by atoms with E-state index in [1.807, 2.05) is 6.92 Å². The molecule has 0 aliphatic carbocycles. The van der Waals surface area contributed by atoms with E-state index in [1.54, 1.807) is 18.3 Å². The molecule has 2 aromatic heterocycles. The molecule has 2 heterocycles. The lowest BCUT2D eigenvalue weighted by molar-refractivity contribution is -0.137. The second-order valence-corrected chi connectivity index (χ2v) is 4.99. The van der Waals surface area contributed by atoms with Gasteiger partial charge in [-0.05, 0) is 18.2 Å². The Morgan fingerprint density at radius 1 is 1.17 bits per heavy atom. The zero-order valence-electron chi connectivity index (χ0n) is 12.7. The SMILES string of the molecule is CCc1nnc(CNc2ccn(-c3cccc(C(F)(F)F)c3)n2)o1. The molecule has 1 aromatic carbocycles. The van der Waals surface area contributed by atoms with Crippen molar-refractivity contribution in [2.75, 3.05) is 5.32 Å². The third-order valence-corrected chi connectivity index (χ3v) is 3.26. The van der Waals surface area contributed by atoms with Gasteiger partial charge in [0, 0.05) is 18.7 Å². The first-order valence-electron chi connectivity index (χ1n) is 7.24. The van der Waals surface area contributed by atoms with E-state index >= 15 is 0 Å². The molecule has 0 saturated heterocycles. The molecule has 0 atom stereocenters. The quantitative estimate of drug-likeness (QED) is 0.772. The molecule has 9 heteroatoms. The van der Waals surface area contributed by atoms with E-state index in [9.17, 15) is 13.2 Å². The molecule has 0 aliphatic rings. The lowest BCUT2D eigenvalue weighted by Crippen LogP contribution is -2.06. The summed E-state index contributed by atoms with van der Waals surface area (Å²) in [5, 5.41) is 14.9. The van der Waals surface area contributed by atoms with Crippen LogP contribution in [-0.2, 0) is 19.1 Å². The van der Waals surface area contributed by atoms with Gasteiger partial charge in [-0.3, -0.25) is 0 Å². The number of hydrogen-bond acceptors (Lipinski definition) is 5. The largest absolute Gasteiger partial charge is 0.423 e. The number of halogens is 3. The summed E-state index contributed by atoms with van der Waals surface area (Å²) in [4.78, 5) is 0. The van der Waals surface area contributed by atoms with Crippen LogP contribution in [0, 0.1) is 0 Å². The molecule has 0 radical (unpaired) electrons. The van der Waals surface area contributed by atoms with Crippen LogP contribution in [0.2, 0.25) is 0 Å². The minimum Gasteiger partial charge on any atom is -0.423 e. The maximum Gasteiger partial charge on any atom is 0.416 e. The fraction of sp³-hybridized carbons (Fsp3) is 0.267. The van der Waals surface area contributed by atoms with Crippen molar-refractivity contribution >= 4 is 5.82 Å². The first-order valence-corrected chi connectivity index (χ1v) is 7.24. The molecule has 6 nitrogen and oxygen atoms in total. The molecular formula is C15H14F3N5O. The zero-order chi connectivity index (χ0) is 17.2. The van der Waals surface area contributed by atoms with Gasteiger partial charge in [0.25, 0.3) is 0 Å². The monoisotopic (exact) mass is 337 g/mol. The first-order chi connectivity index (χ1) is 11.5. The van der Waals surface area contributed by atoms with Gasteiger partial charge >= 0.3 is 6.18 Å². The third-order valence-electron chi connectivity index (χ3n) is 3.26. The fourth-order valence-electron chi connectivity index (χ4n) is 2.06. The number of nitrogens with one attached hydrogen (secondary N) is 1. The van der Waals surface area contributed by atoms with Crippen molar-refractivity contribution in [3.8, 4) is 5.69 Å². The number of nitrogens with zero attached hydrogens (tertiary/aromatic N) is 4. The predicted octanol–water partition coefficient (Wildman–Crippen LogP) is 3.45. The van der Waals surface area contributed by atoms with Crippen molar-refractivity contribution in [2.24, 2.45) is 0 Å². The van der Waals surface area contributed by atoms with Crippen molar-refractivity contribution in [3.05, 3.63) is 53.9 Å². The third kappa shape index (κ3) is 3.55. The Morgan fingerprint density at radius 3 is 2.67 bits per heavy atom. The Labute approximate surface area is 135 Å². The molecular weight excluding hydrogens is 323 g/mol. The fourth-order valence-corrected chi connectivity index (χ4v) is 2.06. The highest BCUT2D eigenvalue weighted by molar-refractivity contribution is 5.40. The average Bonchev–Trinajstić information content (AvgIpc) is 3.21. The molecule has 126 valence electrons. The van der Waals surface area contributed by atoms with Gasteiger partial charge in [-0.2, -0.15) is 18.3 Å². The van der Waals surface area contributed by atoms with E-state index in [2.05, 4.69) is 20.6 Å². The van der Waals surface area contributed by atoms with Gasteiger partial charge in [-0.1, -0.05) is 13.0 Å². The van der Waals surface area contributed by atoms with Crippen LogP contribution < -0.4 is 5.32 Å². The smallest absolute Gasteiger partial charge is 0.416 e. The van der Waals surface area contributed by atoms with Gasteiger partial charge in [0.15, 0.2) is 0 Å². The highest BCUT2D eigenvalue weighted by Crippen LogP contribution is 2.30. The van der Waals surface area contributed by atoms with Gasteiger partial charge in [-0.25, -0.2) is 4.68 Å². The molecule has 24 heavy (non-hydrogen) atoms. The highest BCUT2D eigenvalue weighted by atomic mass is 19.4. The van der Waals surface area contributed by atoms with E-state index in [0.29, 0.717) is 29.7 Å².